The lowest BCUT2D eigenvalue weighted by atomic mass is 10.5. The summed E-state index contributed by atoms with van der Waals surface area (Å²) in [4.78, 5) is 22.9. The first-order valence-corrected chi connectivity index (χ1v) is 4.77. The van der Waals surface area contributed by atoms with Gasteiger partial charge in [-0.3, -0.25) is 4.57 Å². The number of nitrogens with zero attached hydrogens (tertiary/aromatic N) is 1. The molecule has 0 heterocycles. The van der Waals surface area contributed by atoms with E-state index in [0.717, 1.165) is 11.0 Å². The van der Waals surface area contributed by atoms with Crippen LogP contribution in [0.15, 0.2) is 0 Å². The second-order valence-electron chi connectivity index (χ2n) is 3.23. The number of quaternary nitrogens is 1. The monoisotopic (exact) mass is 291 g/mol. The maximum absolute atomic E-state index is 8.77. The zero-order valence-corrected chi connectivity index (χ0v) is 10.9. The van der Waals surface area contributed by atoms with Crippen molar-refractivity contribution >= 4 is 7.82 Å². The summed E-state index contributed by atoms with van der Waals surface area (Å²) < 4.78 is 9.61. The Balaban J connectivity index is -0.0000000187. The van der Waals surface area contributed by atoms with Crippen molar-refractivity contribution in [2.45, 2.75) is 0 Å². The van der Waals surface area contributed by atoms with Crippen molar-refractivity contribution in [3.05, 3.63) is 0 Å². The summed E-state index contributed by atoms with van der Waals surface area (Å²) in [6.07, 6.45) is 0. The first-order valence-electron chi connectivity index (χ1n) is 3.24. The first-order chi connectivity index (χ1) is 5.06. The lowest BCUT2D eigenvalue weighted by Crippen LogP contribution is -2.36. The van der Waals surface area contributed by atoms with Crippen molar-refractivity contribution in [2.24, 2.45) is 0 Å². The van der Waals surface area contributed by atoms with Gasteiger partial charge < -0.3 is 51.7 Å². The molecule has 17 heavy (non-hydrogen) atoms. The van der Waals surface area contributed by atoms with Crippen LogP contribution in [0, 0.1) is 0 Å². The van der Waals surface area contributed by atoms with Crippen LogP contribution >= 0.6 is 7.82 Å². The van der Waals surface area contributed by atoms with Crippen LogP contribution in [-0.4, -0.2) is 81.1 Å². The van der Waals surface area contributed by atoms with E-state index in [1.54, 1.807) is 0 Å². The van der Waals surface area contributed by atoms with E-state index in [9.17, 15) is 0 Å². The van der Waals surface area contributed by atoms with E-state index < -0.39 is 7.82 Å². The summed E-state index contributed by atoms with van der Waals surface area (Å²) in [5.74, 6) is 0. The molecule has 0 bridgehead atoms. The van der Waals surface area contributed by atoms with Crippen LogP contribution in [0.1, 0.15) is 0 Å². The molecular weight excluding hydrogens is 265 g/mol. The third kappa shape index (κ3) is 206. The molecule has 0 aromatic heterocycles. The average molecular weight is 291 g/mol. The van der Waals surface area contributed by atoms with E-state index in [2.05, 4.69) is 21.1 Å². The molecule has 0 amide bonds. The molecule has 0 unspecified atom stereocenters. The summed E-state index contributed by atoms with van der Waals surface area (Å²) in [6, 6.07) is 0. The van der Waals surface area contributed by atoms with Crippen LogP contribution < -0.4 is 4.89 Å². The standard InChI is InChI=1S/C5H14NO.H3O4P.5H2O/c1-6(2,3)4-5-7;1-5(2,3)4;;;;;/h7H,4-5H2,1-3H3;(H3,1,2,3,4);5*1H2/q+1;;;;;;/p-1. The lowest BCUT2D eigenvalue weighted by Gasteiger charge is -2.21. The highest BCUT2D eigenvalue weighted by atomic mass is 31.2. The fourth-order valence-corrected chi connectivity index (χ4v) is 0.300. The van der Waals surface area contributed by atoms with E-state index in [1.807, 2.05) is 0 Å². The van der Waals surface area contributed by atoms with Crippen LogP contribution in [0.25, 0.3) is 0 Å². The zero-order valence-electron chi connectivity index (χ0n) is 9.97. The minimum Gasteiger partial charge on any atom is -0.756 e. The third-order valence-corrected chi connectivity index (χ3v) is 0.771. The molecule has 0 aromatic carbocycles. The molecule has 0 aliphatic rings. The summed E-state index contributed by atoms with van der Waals surface area (Å²) in [5, 5.41) is 8.39. The Hall–Kier alpha value is -0.170. The summed E-state index contributed by atoms with van der Waals surface area (Å²) in [7, 11) is 1.27. The lowest BCUT2D eigenvalue weighted by molar-refractivity contribution is -0.870. The van der Waals surface area contributed by atoms with Gasteiger partial charge in [-0.2, -0.15) is 0 Å². The van der Waals surface area contributed by atoms with E-state index in [1.165, 1.54) is 0 Å². The van der Waals surface area contributed by atoms with E-state index in [-0.39, 0.29) is 34.0 Å². The topological polar surface area (TPSA) is 258 Å². The number of rotatable bonds is 2. The Kier molecular flexibility index (Phi) is 46.7. The normalized spacial score (nSPS) is 8.41. The van der Waals surface area contributed by atoms with Crippen LogP contribution in [0.4, 0.5) is 0 Å². The highest BCUT2D eigenvalue weighted by Crippen LogP contribution is 2.18. The second kappa shape index (κ2) is 18.2. The SMILES string of the molecule is C[N+](C)(C)CCO.O.O.O.O.O.O=P([O-])(O)O. The minimum atomic E-state index is -4.89. The van der Waals surface area contributed by atoms with Gasteiger partial charge in [0, 0.05) is 0 Å². The van der Waals surface area contributed by atoms with Gasteiger partial charge in [-0.05, 0) is 0 Å². The predicted octanol–water partition coefficient (Wildman–Crippen LogP) is -6.00. The van der Waals surface area contributed by atoms with Gasteiger partial charge in [-0.1, -0.05) is 0 Å². The molecule has 11 nitrogen and oxygen atoms in total. The second-order valence-corrected chi connectivity index (χ2v) is 4.21. The molecule has 0 aliphatic carbocycles. The van der Waals surface area contributed by atoms with Crippen molar-refractivity contribution < 1.29 is 56.2 Å². The highest BCUT2D eigenvalue weighted by molar-refractivity contribution is 7.43. The highest BCUT2D eigenvalue weighted by Gasteiger charge is 2.02. The Morgan fingerprint density at radius 3 is 1.18 bits per heavy atom. The van der Waals surface area contributed by atoms with Gasteiger partial charge >= 0.3 is 0 Å². The van der Waals surface area contributed by atoms with Crippen molar-refractivity contribution in [1.29, 1.82) is 0 Å². The zero-order chi connectivity index (χ0) is 10.4. The van der Waals surface area contributed by atoms with Gasteiger partial charge in [0.2, 0.25) is 0 Å². The number of likely N-dealkylation sites (N-methyl/N-ethyl adjacent to an activating group) is 1. The molecule has 0 aromatic rings. The maximum Gasteiger partial charge on any atom is 0.262 e. The van der Waals surface area contributed by atoms with Gasteiger partial charge in [0.1, 0.15) is 6.54 Å². The first kappa shape index (κ1) is 43.6. The number of phosphoric acid groups is 1. The van der Waals surface area contributed by atoms with E-state index >= 15 is 0 Å². The molecule has 0 spiro atoms. The minimum absolute atomic E-state index is 0. The van der Waals surface area contributed by atoms with Gasteiger partial charge in [-0.15, -0.1) is 0 Å². The Bertz CT molecular complexity index is 145. The quantitative estimate of drug-likeness (QED) is 0.330. The molecule has 0 aliphatic heterocycles. The largest absolute Gasteiger partial charge is 0.756 e. The van der Waals surface area contributed by atoms with Crippen LogP contribution in [-0.2, 0) is 4.57 Å². The summed E-state index contributed by atoms with van der Waals surface area (Å²) in [5.41, 5.74) is 0. The maximum atomic E-state index is 8.77. The molecule has 12 heteroatoms. The Labute approximate surface area is 99.3 Å². The molecule has 116 valence electrons. The molecular formula is C5H26NO10P. The molecule has 0 fully saturated rings. The van der Waals surface area contributed by atoms with Gasteiger partial charge in [-0.25, -0.2) is 0 Å². The smallest absolute Gasteiger partial charge is 0.262 e. The molecule has 0 saturated carbocycles. The van der Waals surface area contributed by atoms with E-state index in [4.69, 9.17) is 24.4 Å². The van der Waals surface area contributed by atoms with Crippen LogP contribution in [0.3, 0.4) is 0 Å². The van der Waals surface area contributed by atoms with Gasteiger partial charge in [0.05, 0.1) is 27.7 Å². The number of hydrogen-bond acceptors (Lipinski definition) is 3. The molecule has 0 atom stereocenters. The van der Waals surface area contributed by atoms with Crippen LogP contribution in [0.5, 0.6) is 0 Å². The molecule has 0 radical (unpaired) electrons. The van der Waals surface area contributed by atoms with E-state index in [0.29, 0.717) is 0 Å². The molecule has 0 saturated heterocycles. The van der Waals surface area contributed by atoms with Crippen molar-refractivity contribution in [1.82, 2.24) is 0 Å². The molecule has 0 rings (SSSR count). The fourth-order valence-electron chi connectivity index (χ4n) is 0.300. The molecule has 13 N–H and O–H groups in total. The number of hydrogen-bond donors (Lipinski definition) is 3. The van der Waals surface area contributed by atoms with Crippen molar-refractivity contribution in [2.75, 3.05) is 34.3 Å². The number of aliphatic hydroxyl groups excluding tert-OH is 1. The van der Waals surface area contributed by atoms with Crippen molar-refractivity contribution in [3.63, 3.8) is 0 Å². The van der Waals surface area contributed by atoms with Crippen molar-refractivity contribution in [3.8, 4) is 0 Å². The number of aliphatic hydroxyl groups is 1. The average Bonchev–Trinajstić information content (AvgIpc) is 1.54. The van der Waals surface area contributed by atoms with Gasteiger partial charge in [0.15, 0.2) is 0 Å². The summed E-state index contributed by atoms with van der Waals surface area (Å²) >= 11 is 0. The Morgan fingerprint density at radius 1 is 1.00 bits per heavy atom. The van der Waals surface area contributed by atoms with Crippen LogP contribution in [0.2, 0.25) is 0 Å². The predicted molar refractivity (Wildman–Crippen MR) is 60.1 cm³/mol. The Morgan fingerprint density at radius 2 is 1.18 bits per heavy atom. The third-order valence-electron chi connectivity index (χ3n) is 0.771. The van der Waals surface area contributed by atoms with Gasteiger partial charge in [0.25, 0.3) is 7.82 Å². The fraction of sp³-hybridized carbons (Fsp3) is 1.00. The summed E-state index contributed by atoms with van der Waals surface area (Å²) in [6.45, 7) is 1.11.